The van der Waals surface area contributed by atoms with Gasteiger partial charge in [0, 0.05) is 22.9 Å². The molecular formula is C24H20N4O. The van der Waals surface area contributed by atoms with Crippen LogP contribution in [0.15, 0.2) is 73.1 Å². The molecule has 0 amide bonds. The molecule has 0 aliphatic heterocycles. The summed E-state index contributed by atoms with van der Waals surface area (Å²) >= 11 is 0. The standard InChI is InChI=1S/C24H20N4O/c1-17-12-20(14-21(13-17)29-2)24-22(16-27-28(24)11-9-25)19-8-10-26-23(15-19)18-6-4-3-5-7-18/h3-8,10,12-16H,11H2,1-2H3. The molecule has 0 spiro atoms. The Morgan fingerprint density at radius 3 is 2.59 bits per heavy atom. The number of nitrogens with zero attached hydrogens (tertiary/aromatic N) is 4. The van der Waals surface area contributed by atoms with Crippen molar-refractivity contribution in [1.29, 1.82) is 5.26 Å². The molecule has 5 nitrogen and oxygen atoms in total. The van der Waals surface area contributed by atoms with Crippen molar-refractivity contribution in [2.75, 3.05) is 7.11 Å². The summed E-state index contributed by atoms with van der Waals surface area (Å²) in [5.41, 5.74) is 6.82. The summed E-state index contributed by atoms with van der Waals surface area (Å²) in [6.45, 7) is 2.19. The van der Waals surface area contributed by atoms with Gasteiger partial charge in [-0.15, -0.1) is 0 Å². The predicted octanol–water partition coefficient (Wildman–Crippen LogP) is 5.12. The molecule has 0 bridgehead atoms. The lowest BCUT2D eigenvalue weighted by Crippen LogP contribution is -2.01. The number of ether oxygens (including phenoxy) is 1. The Morgan fingerprint density at radius 2 is 1.83 bits per heavy atom. The highest BCUT2D eigenvalue weighted by Gasteiger charge is 2.17. The summed E-state index contributed by atoms with van der Waals surface area (Å²) in [6.07, 6.45) is 3.62. The number of pyridine rings is 1. The highest BCUT2D eigenvalue weighted by molar-refractivity contribution is 5.83. The fourth-order valence-corrected chi connectivity index (χ4v) is 3.46. The number of aryl methyl sites for hydroxylation is 1. The van der Waals surface area contributed by atoms with E-state index in [1.54, 1.807) is 18.0 Å². The fraction of sp³-hybridized carbons (Fsp3) is 0.125. The van der Waals surface area contributed by atoms with Gasteiger partial charge in [-0.3, -0.25) is 9.67 Å². The number of hydrogen-bond donors (Lipinski definition) is 0. The second kappa shape index (κ2) is 7.99. The van der Waals surface area contributed by atoms with Gasteiger partial charge < -0.3 is 4.74 Å². The van der Waals surface area contributed by atoms with Crippen molar-refractivity contribution in [3.05, 3.63) is 78.6 Å². The van der Waals surface area contributed by atoms with Crippen molar-refractivity contribution < 1.29 is 4.74 Å². The van der Waals surface area contributed by atoms with Crippen LogP contribution < -0.4 is 4.74 Å². The van der Waals surface area contributed by atoms with E-state index in [4.69, 9.17) is 4.74 Å². The van der Waals surface area contributed by atoms with E-state index in [0.717, 1.165) is 45.0 Å². The van der Waals surface area contributed by atoms with E-state index < -0.39 is 0 Å². The zero-order valence-electron chi connectivity index (χ0n) is 16.3. The van der Waals surface area contributed by atoms with Crippen LogP contribution in [0, 0.1) is 18.3 Å². The molecule has 2 heterocycles. The lowest BCUT2D eigenvalue weighted by atomic mass is 9.99. The van der Waals surface area contributed by atoms with E-state index in [2.05, 4.69) is 28.3 Å². The molecule has 2 aromatic heterocycles. The summed E-state index contributed by atoms with van der Waals surface area (Å²) in [7, 11) is 1.65. The number of hydrogen-bond acceptors (Lipinski definition) is 4. The zero-order chi connectivity index (χ0) is 20.2. The van der Waals surface area contributed by atoms with Crippen LogP contribution in [-0.4, -0.2) is 21.9 Å². The Labute approximate surface area is 169 Å². The summed E-state index contributed by atoms with van der Waals surface area (Å²) in [5.74, 6) is 0.773. The zero-order valence-corrected chi connectivity index (χ0v) is 16.3. The van der Waals surface area contributed by atoms with Crippen molar-refractivity contribution in [3.8, 4) is 45.5 Å². The molecule has 0 unspecified atom stereocenters. The SMILES string of the molecule is COc1cc(C)cc(-c2c(-c3ccnc(-c4ccccc4)c3)cnn2CC#N)c1. The van der Waals surface area contributed by atoms with Gasteiger partial charge >= 0.3 is 0 Å². The third-order valence-corrected chi connectivity index (χ3v) is 4.76. The van der Waals surface area contributed by atoms with Crippen LogP contribution in [0.2, 0.25) is 0 Å². The second-order valence-electron chi connectivity index (χ2n) is 6.76. The Balaban J connectivity index is 1.88. The fourth-order valence-electron chi connectivity index (χ4n) is 3.46. The molecule has 0 radical (unpaired) electrons. The van der Waals surface area contributed by atoms with Crippen molar-refractivity contribution in [2.24, 2.45) is 0 Å². The first-order valence-electron chi connectivity index (χ1n) is 9.30. The Hall–Kier alpha value is -3.91. The summed E-state index contributed by atoms with van der Waals surface area (Å²) in [5, 5.41) is 13.8. The van der Waals surface area contributed by atoms with Gasteiger partial charge in [-0.25, -0.2) is 0 Å². The van der Waals surface area contributed by atoms with Crippen molar-refractivity contribution in [1.82, 2.24) is 14.8 Å². The second-order valence-corrected chi connectivity index (χ2v) is 6.76. The summed E-state index contributed by atoms with van der Waals surface area (Å²) < 4.78 is 7.18. The minimum Gasteiger partial charge on any atom is -0.497 e. The third kappa shape index (κ3) is 3.74. The normalized spacial score (nSPS) is 10.5. The first kappa shape index (κ1) is 18.5. The van der Waals surface area contributed by atoms with Crippen LogP contribution in [0.25, 0.3) is 33.6 Å². The number of nitriles is 1. The molecule has 142 valence electrons. The van der Waals surface area contributed by atoms with E-state index in [-0.39, 0.29) is 6.54 Å². The molecule has 5 heteroatoms. The minimum absolute atomic E-state index is 0.169. The van der Waals surface area contributed by atoms with Gasteiger partial charge in [0.25, 0.3) is 0 Å². The maximum absolute atomic E-state index is 9.27. The monoisotopic (exact) mass is 380 g/mol. The average molecular weight is 380 g/mol. The largest absolute Gasteiger partial charge is 0.497 e. The van der Waals surface area contributed by atoms with Gasteiger partial charge in [-0.05, 0) is 48.4 Å². The number of methoxy groups -OCH3 is 1. The van der Waals surface area contributed by atoms with Gasteiger partial charge in [0.15, 0.2) is 0 Å². The lowest BCUT2D eigenvalue weighted by Gasteiger charge is -2.11. The van der Waals surface area contributed by atoms with Crippen LogP contribution in [0.1, 0.15) is 5.56 Å². The highest BCUT2D eigenvalue weighted by Crippen LogP contribution is 2.35. The first-order chi connectivity index (χ1) is 14.2. The summed E-state index contributed by atoms with van der Waals surface area (Å²) in [4.78, 5) is 4.52. The minimum atomic E-state index is 0.169. The van der Waals surface area contributed by atoms with Gasteiger partial charge in [0.1, 0.15) is 12.3 Å². The Morgan fingerprint density at radius 1 is 1.00 bits per heavy atom. The van der Waals surface area contributed by atoms with E-state index in [9.17, 15) is 5.26 Å². The predicted molar refractivity (Wildman–Crippen MR) is 113 cm³/mol. The highest BCUT2D eigenvalue weighted by atomic mass is 16.5. The van der Waals surface area contributed by atoms with E-state index in [1.165, 1.54) is 0 Å². The van der Waals surface area contributed by atoms with Crippen molar-refractivity contribution in [2.45, 2.75) is 13.5 Å². The van der Waals surface area contributed by atoms with Crippen LogP contribution >= 0.6 is 0 Å². The number of benzene rings is 2. The molecular weight excluding hydrogens is 360 g/mol. The quantitative estimate of drug-likeness (QED) is 0.482. The maximum atomic E-state index is 9.27. The maximum Gasteiger partial charge on any atom is 0.128 e. The Kier molecular flexibility index (Phi) is 5.08. The first-order valence-corrected chi connectivity index (χ1v) is 9.30. The lowest BCUT2D eigenvalue weighted by molar-refractivity contribution is 0.414. The molecule has 29 heavy (non-hydrogen) atoms. The van der Waals surface area contributed by atoms with Crippen LogP contribution in [0.3, 0.4) is 0 Å². The molecule has 0 atom stereocenters. The van der Waals surface area contributed by atoms with Gasteiger partial charge in [-0.2, -0.15) is 10.4 Å². The molecule has 2 aromatic carbocycles. The van der Waals surface area contributed by atoms with E-state index in [0.29, 0.717) is 0 Å². The van der Waals surface area contributed by atoms with Gasteiger partial charge in [-0.1, -0.05) is 30.3 Å². The van der Waals surface area contributed by atoms with Crippen molar-refractivity contribution >= 4 is 0 Å². The topological polar surface area (TPSA) is 63.7 Å². The van der Waals surface area contributed by atoms with Crippen LogP contribution in [-0.2, 0) is 6.54 Å². The molecule has 0 saturated heterocycles. The Bertz CT molecular complexity index is 1190. The van der Waals surface area contributed by atoms with Crippen LogP contribution in [0.4, 0.5) is 0 Å². The average Bonchev–Trinajstić information content (AvgIpc) is 3.18. The molecule has 4 aromatic rings. The molecule has 4 rings (SSSR count). The van der Waals surface area contributed by atoms with Crippen molar-refractivity contribution in [3.63, 3.8) is 0 Å². The molecule has 0 aliphatic rings. The molecule has 0 fully saturated rings. The molecule has 0 N–H and O–H groups in total. The molecule has 0 saturated carbocycles. The number of rotatable bonds is 5. The van der Waals surface area contributed by atoms with Gasteiger partial charge in [0.05, 0.1) is 30.8 Å². The van der Waals surface area contributed by atoms with Gasteiger partial charge in [0.2, 0.25) is 0 Å². The third-order valence-electron chi connectivity index (χ3n) is 4.76. The summed E-state index contributed by atoms with van der Waals surface area (Å²) in [6, 6.07) is 22.3. The number of aromatic nitrogens is 3. The molecule has 0 aliphatic carbocycles. The van der Waals surface area contributed by atoms with E-state index in [1.807, 2.05) is 61.7 Å². The van der Waals surface area contributed by atoms with E-state index >= 15 is 0 Å². The van der Waals surface area contributed by atoms with Crippen LogP contribution in [0.5, 0.6) is 5.75 Å². The smallest absolute Gasteiger partial charge is 0.128 e.